The van der Waals surface area contributed by atoms with Crippen LogP contribution in [0.4, 0.5) is 5.69 Å². The van der Waals surface area contributed by atoms with Crippen molar-refractivity contribution >= 4 is 5.69 Å². The Labute approximate surface area is 92.8 Å². The lowest BCUT2D eigenvalue weighted by Gasteiger charge is -2.23. The molecule has 16 heavy (non-hydrogen) atoms. The summed E-state index contributed by atoms with van der Waals surface area (Å²) < 4.78 is 5.63. The minimum atomic E-state index is -0.469. The lowest BCUT2D eigenvalue weighted by atomic mass is 10.1. The maximum absolute atomic E-state index is 10.7. The topological polar surface area (TPSA) is 77.3 Å². The molecule has 0 saturated carbocycles. The van der Waals surface area contributed by atoms with E-state index >= 15 is 0 Å². The highest BCUT2D eigenvalue weighted by Crippen LogP contribution is 2.27. The Bertz CT molecular complexity index is 377. The molecular formula is C10H13N3O3. The maximum atomic E-state index is 10.7. The first kappa shape index (κ1) is 10.8. The third-order valence-corrected chi connectivity index (χ3v) is 2.54. The fourth-order valence-electron chi connectivity index (χ4n) is 1.70. The van der Waals surface area contributed by atoms with Gasteiger partial charge in [-0.05, 0) is 25.9 Å². The van der Waals surface area contributed by atoms with Crippen LogP contribution in [0.3, 0.4) is 0 Å². The Morgan fingerprint density at radius 3 is 2.94 bits per heavy atom. The monoisotopic (exact) mass is 223 g/mol. The summed E-state index contributed by atoms with van der Waals surface area (Å²) in [7, 11) is 0. The van der Waals surface area contributed by atoms with Gasteiger partial charge in [-0.15, -0.1) is 0 Å². The Kier molecular flexibility index (Phi) is 3.31. The molecule has 1 aromatic heterocycles. The van der Waals surface area contributed by atoms with Crippen molar-refractivity contribution in [2.24, 2.45) is 0 Å². The molecule has 0 amide bonds. The molecule has 0 unspecified atom stereocenters. The number of hydrogen-bond acceptors (Lipinski definition) is 5. The molecular weight excluding hydrogens is 210 g/mol. The van der Waals surface area contributed by atoms with Gasteiger partial charge < -0.3 is 10.1 Å². The minimum absolute atomic E-state index is 0.0577. The number of nitrogens with zero attached hydrogens (tertiary/aromatic N) is 2. The normalized spacial score (nSPS) is 17.0. The van der Waals surface area contributed by atoms with Crippen molar-refractivity contribution in [3.63, 3.8) is 0 Å². The van der Waals surface area contributed by atoms with E-state index in [1.54, 1.807) is 6.07 Å². The van der Waals surface area contributed by atoms with Crippen LogP contribution >= 0.6 is 0 Å². The molecule has 0 atom stereocenters. The number of nitro groups is 1. The van der Waals surface area contributed by atoms with E-state index in [2.05, 4.69) is 10.3 Å². The lowest BCUT2D eigenvalue weighted by Crippen LogP contribution is -2.34. The number of ether oxygens (including phenoxy) is 1. The molecule has 0 spiro atoms. The largest absolute Gasteiger partial charge is 0.483 e. The minimum Gasteiger partial charge on any atom is -0.483 e. The Morgan fingerprint density at radius 1 is 1.50 bits per heavy atom. The summed E-state index contributed by atoms with van der Waals surface area (Å²) in [6.45, 7) is 1.78. The average molecular weight is 223 g/mol. The molecule has 2 rings (SSSR count). The molecule has 1 aliphatic heterocycles. The van der Waals surface area contributed by atoms with E-state index in [4.69, 9.17) is 4.74 Å². The molecule has 1 aromatic rings. The van der Waals surface area contributed by atoms with Gasteiger partial charge in [0.15, 0.2) is 0 Å². The van der Waals surface area contributed by atoms with E-state index in [-0.39, 0.29) is 11.8 Å². The number of nitrogens with one attached hydrogen (secondary N) is 1. The van der Waals surface area contributed by atoms with Gasteiger partial charge in [-0.25, -0.2) is 0 Å². The fraction of sp³-hybridized carbons (Fsp3) is 0.500. The highest BCUT2D eigenvalue weighted by atomic mass is 16.6. The van der Waals surface area contributed by atoms with E-state index < -0.39 is 4.92 Å². The highest BCUT2D eigenvalue weighted by molar-refractivity contribution is 5.43. The van der Waals surface area contributed by atoms with Crippen molar-refractivity contribution in [2.75, 3.05) is 13.1 Å². The van der Waals surface area contributed by atoms with Gasteiger partial charge in [0.25, 0.3) is 0 Å². The summed E-state index contributed by atoms with van der Waals surface area (Å²) in [6.07, 6.45) is 4.53. The van der Waals surface area contributed by atoms with Gasteiger partial charge in [-0.3, -0.25) is 15.1 Å². The third kappa shape index (κ3) is 2.46. The number of aromatic nitrogens is 1. The molecule has 86 valence electrons. The second-order valence-corrected chi connectivity index (χ2v) is 3.67. The molecule has 0 aliphatic carbocycles. The SMILES string of the molecule is O=[N+]([O-])c1cnccc1OC1CCNCC1. The zero-order valence-electron chi connectivity index (χ0n) is 8.76. The summed E-state index contributed by atoms with van der Waals surface area (Å²) >= 11 is 0. The standard InChI is InChI=1S/C10H13N3O3/c14-13(15)9-7-12-6-3-10(9)16-8-1-4-11-5-2-8/h3,6-8,11H,1-2,4-5H2. The second kappa shape index (κ2) is 4.89. The van der Waals surface area contributed by atoms with Crippen LogP contribution in [0.15, 0.2) is 18.5 Å². The summed E-state index contributed by atoms with van der Waals surface area (Å²) in [5.74, 6) is 0.312. The van der Waals surface area contributed by atoms with Gasteiger partial charge in [0.05, 0.1) is 4.92 Å². The summed E-state index contributed by atoms with van der Waals surface area (Å²) in [5.41, 5.74) is -0.0685. The molecule has 1 N–H and O–H groups in total. The molecule has 1 aliphatic rings. The summed E-state index contributed by atoms with van der Waals surface area (Å²) in [5, 5.41) is 13.9. The van der Waals surface area contributed by atoms with Gasteiger partial charge in [0.1, 0.15) is 12.3 Å². The van der Waals surface area contributed by atoms with Crippen molar-refractivity contribution in [1.82, 2.24) is 10.3 Å². The van der Waals surface area contributed by atoms with Crippen molar-refractivity contribution in [2.45, 2.75) is 18.9 Å². The molecule has 6 heteroatoms. The Balaban J connectivity index is 2.10. The van der Waals surface area contributed by atoms with Gasteiger partial charge >= 0.3 is 5.69 Å². The Morgan fingerprint density at radius 2 is 2.25 bits per heavy atom. The van der Waals surface area contributed by atoms with Gasteiger partial charge in [0.2, 0.25) is 5.75 Å². The Hall–Kier alpha value is -1.69. The maximum Gasteiger partial charge on any atom is 0.329 e. The quantitative estimate of drug-likeness (QED) is 0.613. The fourth-order valence-corrected chi connectivity index (χ4v) is 1.70. The lowest BCUT2D eigenvalue weighted by molar-refractivity contribution is -0.386. The van der Waals surface area contributed by atoms with E-state index in [9.17, 15) is 10.1 Å². The van der Waals surface area contributed by atoms with Crippen LogP contribution in [0.1, 0.15) is 12.8 Å². The number of rotatable bonds is 3. The van der Waals surface area contributed by atoms with Crippen LogP contribution in [0, 0.1) is 10.1 Å². The van der Waals surface area contributed by atoms with Crippen LogP contribution in [0.25, 0.3) is 0 Å². The molecule has 0 aromatic carbocycles. The first-order chi connectivity index (χ1) is 7.77. The first-order valence-corrected chi connectivity index (χ1v) is 5.23. The molecule has 0 radical (unpaired) electrons. The van der Waals surface area contributed by atoms with Crippen molar-refractivity contribution in [1.29, 1.82) is 0 Å². The number of hydrogen-bond donors (Lipinski definition) is 1. The molecule has 6 nitrogen and oxygen atoms in total. The zero-order valence-corrected chi connectivity index (χ0v) is 8.76. The zero-order chi connectivity index (χ0) is 11.4. The van der Waals surface area contributed by atoms with E-state index in [1.165, 1.54) is 12.4 Å². The van der Waals surface area contributed by atoms with E-state index in [0.717, 1.165) is 25.9 Å². The van der Waals surface area contributed by atoms with Crippen molar-refractivity contribution < 1.29 is 9.66 Å². The second-order valence-electron chi connectivity index (χ2n) is 3.67. The van der Waals surface area contributed by atoms with Gasteiger partial charge in [-0.1, -0.05) is 0 Å². The smallest absolute Gasteiger partial charge is 0.329 e. The third-order valence-electron chi connectivity index (χ3n) is 2.54. The van der Waals surface area contributed by atoms with Crippen LogP contribution in [0.2, 0.25) is 0 Å². The molecule has 2 heterocycles. The van der Waals surface area contributed by atoms with Gasteiger partial charge in [0, 0.05) is 12.3 Å². The van der Waals surface area contributed by atoms with E-state index in [1.807, 2.05) is 0 Å². The van der Waals surface area contributed by atoms with Crippen molar-refractivity contribution in [3.8, 4) is 5.75 Å². The van der Waals surface area contributed by atoms with E-state index in [0.29, 0.717) is 5.75 Å². The highest BCUT2D eigenvalue weighted by Gasteiger charge is 2.20. The van der Waals surface area contributed by atoms with Crippen molar-refractivity contribution in [3.05, 3.63) is 28.6 Å². The van der Waals surface area contributed by atoms with Crippen LogP contribution in [0.5, 0.6) is 5.75 Å². The molecule has 1 saturated heterocycles. The predicted molar refractivity (Wildman–Crippen MR) is 57.4 cm³/mol. The molecule has 1 fully saturated rings. The van der Waals surface area contributed by atoms with Crippen LogP contribution < -0.4 is 10.1 Å². The number of pyridine rings is 1. The first-order valence-electron chi connectivity index (χ1n) is 5.23. The summed E-state index contributed by atoms with van der Waals surface area (Å²) in [6, 6.07) is 1.54. The predicted octanol–water partition coefficient (Wildman–Crippen LogP) is 1.12. The molecule has 0 bridgehead atoms. The number of piperidine rings is 1. The summed E-state index contributed by atoms with van der Waals surface area (Å²) in [4.78, 5) is 14.0. The average Bonchev–Trinajstić information content (AvgIpc) is 2.31. The van der Waals surface area contributed by atoms with Crippen LogP contribution in [-0.2, 0) is 0 Å². The van der Waals surface area contributed by atoms with Crippen LogP contribution in [-0.4, -0.2) is 29.1 Å². The van der Waals surface area contributed by atoms with Gasteiger partial charge in [-0.2, -0.15) is 0 Å².